The van der Waals surface area contributed by atoms with E-state index in [4.69, 9.17) is 23.7 Å². The van der Waals surface area contributed by atoms with Crippen LogP contribution < -0.4 is 14.8 Å². The predicted octanol–water partition coefficient (Wildman–Crippen LogP) is 2.50. The van der Waals surface area contributed by atoms with Gasteiger partial charge in [-0.25, -0.2) is 4.79 Å². The first-order chi connectivity index (χ1) is 17.2. The zero-order valence-corrected chi connectivity index (χ0v) is 20.1. The van der Waals surface area contributed by atoms with Gasteiger partial charge in [0.25, 0.3) is 0 Å². The maximum absolute atomic E-state index is 13.0. The highest BCUT2D eigenvalue weighted by atomic mass is 16.7. The van der Waals surface area contributed by atoms with Crippen molar-refractivity contribution in [3.8, 4) is 11.5 Å². The van der Waals surface area contributed by atoms with Gasteiger partial charge in [-0.15, -0.1) is 0 Å². The molecule has 0 unspecified atom stereocenters. The molecular weight excluding hydrogens is 470 g/mol. The number of carbonyl (C=O) groups excluding carboxylic acids is 4. The fourth-order valence-electron chi connectivity index (χ4n) is 4.64. The summed E-state index contributed by atoms with van der Waals surface area (Å²) in [6.07, 6.45) is -3.10. The van der Waals surface area contributed by atoms with Crippen LogP contribution in [0.1, 0.15) is 49.0 Å². The number of esters is 3. The summed E-state index contributed by atoms with van der Waals surface area (Å²) in [5.41, 5.74) is 1.05. The van der Waals surface area contributed by atoms with Crippen LogP contribution in [0.2, 0.25) is 0 Å². The number of ether oxygens (including phenoxy) is 5. The van der Waals surface area contributed by atoms with Crippen LogP contribution in [-0.4, -0.2) is 55.0 Å². The van der Waals surface area contributed by atoms with E-state index in [-0.39, 0.29) is 19.1 Å². The number of hydrogen-bond acceptors (Lipinski definition) is 9. The molecule has 2 aromatic rings. The molecule has 10 nitrogen and oxygen atoms in total. The maximum Gasteiger partial charge on any atom is 0.338 e. The van der Waals surface area contributed by atoms with Gasteiger partial charge in [0.15, 0.2) is 23.7 Å². The number of carbonyl (C=O) groups is 4. The second-order valence-electron chi connectivity index (χ2n) is 8.64. The van der Waals surface area contributed by atoms with Gasteiger partial charge >= 0.3 is 17.9 Å². The Labute approximate surface area is 207 Å². The minimum absolute atomic E-state index is 0.0838. The predicted molar refractivity (Wildman–Crippen MR) is 124 cm³/mol. The molecule has 1 saturated carbocycles. The van der Waals surface area contributed by atoms with E-state index in [0.29, 0.717) is 17.1 Å². The van der Waals surface area contributed by atoms with E-state index in [1.807, 2.05) is 0 Å². The van der Waals surface area contributed by atoms with Crippen molar-refractivity contribution in [2.24, 2.45) is 0 Å². The second-order valence-corrected chi connectivity index (χ2v) is 8.64. The van der Waals surface area contributed by atoms with E-state index in [1.54, 1.807) is 48.5 Å². The summed E-state index contributed by atoms with van der Waals surface area (Å²) in [7, 11) is 0. The molecule has 2 aromatic carbocycles. The minimum Gasteiger partial charge on any atom is -0.456 e. The molecule has 10 heteroatoms. The summed E-state index contributed by atoms with van der Waals surface area (Å²) in [6, 6.07) is 12.9. The molecular formula is C26H27NO9. The quantitative estimate of drug-likeness (QED) is 0.473. The van der Waals surface area contributed by atoms with Crippen LogP contribution in [0.4, 0.5) is 0 Å². The summed E-state index contributed by atoms with van der Waals surface area (Å²) in [5, 5.41) is 2.84. The summed E-state index contributed by atoms with van der Waals surface area (Å²) in [4.78, 5) is 49.3. The number of rotatable bonds is 6. The Balaban J connectivity index is 1.75. The second kappa shape index (κ2) is 10.7. The summed E-state index contributed by atoms with van der Waals surface area (Å²) in [5.74, 6) is -1.68. The monoisotopic (exact) mass is 497 g/mol. The normalized spacial score (nSPS) is 24.4. The Kier molecular flexibility index (Phi) is 7.42. The Morgan fingerprint density at radius 2 is 1.50 bits per heavy atom. The lowest BCUT2D eigenvalue weighted by Gasteiger charge is -2.45. The fourth-order valence-corrected chi connectivity index (χ4v) is 4.64. The molecule has 1 fully saturated rings. The lowest BCUT2D eigenvalue weighted by atomic mass is 9.75. The van der Waals surface area contributed by atoms with Crippen molar-refractivity contribution in [3.05, 3.63) is 59.7 Å². The van der Waals surface area contributed by atoms with Crippen LogP contribution in [0.5, 0.6) is 11.5 Å². The molecule has 0 saturated heterocycles. The van der Waals surface area contributed by atoms with E-state index in [2.05, 4.69) is 5.32 Å². The molecule has 1 aliphatic carbocycles. The van der Waals surface area contributed by atoms with Gasteiger partial charge in [0.2, 0.25) is 12.7 Å². The third-order valence-corrected chi connectivity index (χ3v) is 6.03. The molecule has 1 heterocycles. The molecule has 2 aliphatic rings. The van der Waals surface area contributed by atoms with Gasteiger partial charge in [-0.05, 0) is 36.2 Å². The average Bonchev–Trinajstić information content (AvgIpc) is 3.30. The molecule has 190 valence electrons. The Morgan fingerprint density at radius 1 is 0.833 bits per heavy atom. The van der Waals surface area contributed by atoms with Crippen molar-refractivity contribution in [2.45, 2.75) is 57.5 Å². The molecule has 1 aliphatic heterocycles. The van der Waals surface area contributed by atoms with E-state index in [1.165, 1.54) is 20.8 Å². The summed E-state index contributed by atoms with van der Waals surface area (Å²) < 4.78 is 27.9. The van der Waals surface area contributed by atoms with E-state index < -0.39 is 48.2 Å². The maximum atomic E-state index is 13.0. The lowest BCUT2D eigenvalue weighted by Crippen LogP contribution is -2.62. The van der Waals surface area contributed by atoms with E-state index in [0.717, 1.165) is 5.56 Å². The Bertz CT molecular complexity index is 1150. The molecule has 0 aromatic heterocycles. The molecule has 0 radical (unpaired) electrons. The first kappa shape index (κ1) is 25.0. The van der Waals surface area contributed by atoms with Gasteiger partial charge in [-0.1, -0.05) is 24.3 Å². The van der Waals surface area contributed by atoms with Gasteiger partial charge in [0.1, 0.15) is 6.10 Å². The Morgan fingerprint density at radius 3 is 2.17 bits per heavy atom. The third kappa shape index (κ3) is 5.59. The van der Waals surface area contributed by atoms with Crippen molar-refractivity contribution < 1.29 is 42.9 Å². The number of benzene rings is 2. The van der Waals surface area contributed by atoms with Gasteiger partial charge < -0.3 is 29.0 Å². The van der Waals surface area contributed by atoms with Crippen LogP contribution in [0.3, 0.4) is 0 Å². The zero-order chi connectivity index (χ0) is 25.8. The number of fused-ring (bicyclic) bond motifs is 1. The molecule has 4 rings (SSSR count). The largest absolute Gasteiger partial charge is 0.456 e. The number of amides is 1. The van der Waals surface area contributed by atoms with Gasteiger partial charge in [0, 0.05) is 26.7 Å². The minimum atomic E-state index is -1.15. The lowest BCUT2D eigenvalue weighted by molar-refractivity contribution is -0.186. The molecule has 0 bridgehead atoms. The SMILES string of the molecule is CC(=O)N[C@H]1[C@H](OC(C)=O)[C@H](OC(C)=O)[C@@H](OC(=O)c2ccccc2)C[C@@H]1c1ccc2c(c1)OCO2. The molecule has 36 heavy (non-hydrogen) atoms. The highest BCUT2D eigenvalue weighted by molar-refractivity contribution is 5.89. The van der Waals surface area contributed by atoms with Gasteiger partial charge in [-0.2, -0.15) is 0 Å². The van der Waals surface area contributed by atoms with Crippen molar-refractivity contribution >= 4 is 23.8 Å². The standard InChI is InChI=1S/C26H27NO9/c1-14(28)27-23-19(18-9-10-20-21(11-18)33-13-32-20)12-22(36-26(31)17-7-5-4-6-8-17)24(34-15(2)29)25(23)35-16(3)30/h4-11,19,22-25H,12-13H2,1-3H3,(H,27,28)/t19-,22+,23-,24-,25+/m1/s1. The average molecular weight is 498 g/mol. The molecule has 1 amide bonds. The van der Waals surface area contributed by atoms with Crippen LogP contribution >= 0.6 is 0 Å². The summed E-state index contributed by atoms with van der Waals surface area (Å²) in [6.45, 7) is 3.84. The van der Waals surface area contributed by atoms with Crippen LogP contribution in [0.25, 0.3) is 0 Å². The molecule has 1 N–H and O–H groups in total. The topological polar surface area (TPSA) is 126 Å². The molecule has 0 spiro atoms. The molecule has 5 atom stereocenters. The Hall–Kier alpha value is -4.08. The highest BCUT2D eigenvalue weighted by Crippen LogP contribution is 2.42. The highest BCUT2D eigenvalue weighted by Gasteiger charge is 2.51. The van der Waals surface area contributed by atoms with Crippen molar-refractivity contribution in [1.82, 2.24) is 5.32 Å². The summed E-state index contributed by atoms with van der Waals surface area (Å²) >= 11 is 0. The van der Waals surface area contributed by atoms with Crippen molar-refractivity contribution in [1.29, 1.82) is 0 Å². The van der Waals surface area contributed by atoms with E-state index >= 15 is 0 Å². The van der Waals surface area contributed by atoms with Crippen LogP contribution in [0, 0.1) is 0 Å². The number of hydrogen-bond donors (Lipinski definition) is 1. The van der Waals surface area contributed by atoms with Crippen LogP contribution in [0.15, 0.2) is 48.5 Å². The zero-order valence-electron chi connectivity index (χ0n) is 20.1. The van der Waals surface area contributed by atoms with Crippen molar-refractivity contribution in [3.63, 3.8) is 0 Å². The van der Waals surface area contributed by atoms with Gasteiger partial charge in [0.05, 0.1) is 11.6 Å². The van der Waals surface area contributed by atoms with Gasteiger partial charge in [-0.3, -0.25) is 14.4 Å². The third-order valence-electron chi connectivity index (χ3n) is 6.03. The first-order valence-corrected chi connectivity index (χ1v) is 11.5. The van der Waals surface area contributed by atoms with E-state index in [9.17, 15) is 19.2 Å². The fraction of sp³-hybridized carbons (Fsp3) is 0.385. The number of nitrogens with one attached hydrogen (secondary N) is 1. The first-order valence-electron chi connectivity index (χ1n) is 11.5. The van der Waals surface area contributed by atoms with Crippen molar-refractivity contribution in [2.75, 3.05) is 6.79 Å². The van der Waals surface area contributed by atoms with Crippen LogP contribution in [-0.2, 0) is 28.6 Å². The smallest absolute Gasteiger partial charge is 0.338 e.